The molecule has 0 spiro atoms. The lowest BCUT2D eigenvalue weighted by Gasteiger charge is -2.05. The summed E-state index contributed by atoms with van der Waals surface area (Å²) in [5.41, 5.74) is 0.797. The van der Waals surface area contributed by atoms with Crippen molar-refractivity contribution >= 4 is 37.4 Å². The van der Waals surface area contributed by atoms with E-state index >= 15 is 0 Å². The van der Waals surface area contributed by atoms with Gasteiger partial charge in [-0.1, -0.05) is 0 Å². The van der Waals surface area contributed by atoms with Gasteiger partial charge in [-0.15, -0.1) is 0 Å². The second kappa shape index (κ2) is 5.68. The zero-order chi connectivity index (χ0) is 14.8. The molecule has 0 unspecified atom stereocenters. The van der Waals surface area contributed by atoms with Crippen molar-refractivity contribution < 1.29 is 13.2 Å². The van der Waals surface area contributed by atoms with Crippen LogP contribution in [0.1, 0.15) is 10.4 Å². The van der Waals surface area contributed by atoms with Crippen molar-refractivity contribution in [2.24, 2.45) is 0 Å². The summed E-state index contributed by atoms with van der Waals surface area (Å²) in [6, 6.07) is 6.09. The van der Waals surface area contributed by atoms with Gasteiger partial charge in [0.1, 0.15) is 4.60 Å². The maximum Gasteiger partial charge on any atom is 0.257 e. The summed E-state index contributed by atoms with van der Waals surface area (Å²) in [7, 11) is -3.34. The van der Waals surface area contributed by atoms with Gasteiger partial charge in [0, 0.05) is 12.5 Å². The maximum atomic E-state index is 11.9. The molecule has 2 aromatic heterocycles. The SMILES string of the molecule is CS(=O)(=O)c1ccc(NC(=O)c2ccc(Br)nc2)cn1. The number of aromatic nitrogens is 2. The topological polar surface area (TPSA) is 89.0 Å². The minimum absolute atomic E-state index is 0.0409. The molecular weight excluding hydrogens is 346 g/mol. The highest BCUT2D eigenvalue weighted by Crippen LogP contribution is 2.12. The number of sulfone groups is 1. The summed E-state index contributed by atoms with van der Waals surface area (Å²) < 4.78 is 23.1. The van der Waals surface area contributed by atoms with E-state index in [1.807, 2.05) is 0 Å². The van der Waals surface area contributed by atoms with E-state index in [1.54, 1.807) is 12.1 Å². The molecule has 0 saturated carbocycles. The van der Waals surface area contributed by atoms with Crippen molar-refractivity contribution in [1.82, 2.24) is 9.97 Å². The average molecular weight is 356 g/mol. The number of anilines is 1. The third-order valence-electron chi connectivity index (χ3n) is 2.36. The molecule has 0 fully saturated rings. The second-order valence-electron chi connectivity index (χ2n) is 3.98. The first kappa shape index (κ1) is 14.6. The normalized spacial score (nSPS) is 11.1. The van der Waals surface area contributed by atoms with Gasteiger partial charge in [-0.25, -0.2) is 18.4 Å². The summed E-state index contributed by atoms with van der Waals surface area (Å²) >= 11 is 3.18. The van der Waals surface area contributed by atoms with Crippen LogP contribution >= 0.6 is 15.9 Å². The Morgan fingerprint density at radius 3 is 2.40 bits per heavy atom. The molecule has 20 heavy (non-hydrogen) atoms. The van der Waals surface area contributed by atoms with E-state index in [9.17, 15) is 13.2 Å². The van der Waals surface area contributed by atoms with Crippen LogP contribution in [0.5, 0.6) is 0 Å². The van der Waals surface area contributed by atoms with Crippen LogP contribution < -0.4 is 5.32 Å². The molecule has 6 nitrogen and oxygen atoms in total. The summed E-state index contributed by atoms with van der Waals surface area (Å²) in [6.07, 6.45) is 3.79. The Bertz CT molecular complexity index is 728. The van der Waals surface area contributed by atoms with Gasteiger partial charge in [-0.2, -0.15) is 0 Å². The third kappa shape index (κ3) is 3.61. The molecule has 0 atom stereocenters. The highest BCUT2D eigenvalue weighted by Gasteiger charge is 2.10. The van der Waals surface area contributed by atoms with Gasteiger partial charge < -0.3 is 5.32 Å². The molecule has 0 bridgehead atoms. The van der Waals surface area contributed by atoms with E-state index in [2.05, 4.69) is 31.2 Å². The number of amides is 1. The molecule has 0 aliphatic rings. The quantitative estimate of drug-likeness (QED) is 0.849. The number of pyridine rings is 2. The molecule has 2 rings (SSSR count). The van der Waals surface area contributed by atoms with Crippen LogP contribution in [0, 0.1) is 0 Å². The van der Waals surface area contributed by atoms with Crippen molar-refractivity contribution in [1.29, 1.82) is 0 Å². The van der Waals surface area contributed by atoms with Crippen LogP contribution in [0.2, 0.25) is 0 Å². The first-order valence-corrected chi connectivity index (χ1v) is 8.14. The number of carbonyl (C=O) groups excluding carboxylic acids is 1. The van der Waals surface area contributed by atoms with Gasteiger partial charge in [0.15, 0.2) is 14.9 Å². The lowest BCUT2D eigenvalue weighted by molar-refractivity contribution is 0.102. The predicted molar refractivity (Wildman–Crippen MR) is 77.2 cm³/mol. The molecule has 2 heterocycles. The number of halogens is 1. The second-order valence-corrected chi connectivity index (χ2v) is 6.76. The lowest BCUT2D eigenvalue weighted by Crippen LogP contribution is -2.12. The minimum Gasteiger partial charge on any atom is -0.321 e. The zero-order valence-electron chi connectivity index (χ0n) is 10.4. The Kier molecular flexibility index (Phi) is 4.15. The van der Waals surface area contributed by atoms with Crippen LogP contribution in [0.4, 0.5) is 5.69 Å². The highest BCUT2D eigenvalue weighted by atomic mass is 79.9. The fourth-order valence-electron chi connectivity index (χ4n) is 1.39. The Morgan fingerprint density at radius 1 is 1.15 bits per heavy atom. The Labute approximate surface area is 124 Å². The van der Waals surface area contributed by atoms with Crippen molar-refractivity contribution in [3.8, 4) is 0 Å². The van der Waals surface area contributed by atoms with Crippen LogP contribution in [-0.2, 0) is 9.84 Å². The molecule has 1 N–H and O–H groups in total. The summed E-state index contributed by atoms with van der Waals surface area (Å²) in [5.74, 6) is -0.348. The molecule has 0 aliphatic heterocycles. The molecule has 0 aromatic carbocycles. The molecule has 8 heteroatoms. The van der Waals surface area contributed by atoms with E-state index < -0.39 is 9.84 Å². The third-order valence-corrected chi connectivity index (χ3v) is 3.83. The lowest BCUT2D eigenvalue weighted by atomic mass is 10.2. The number of hydrogen-bond donors (Lipinski definition) is 1. The fraction of sp³-hybridized carbons (Fsp3) is 0.0833. The van der Waals surface area contributed by atoms with Gasteiger partial charge >= 0.3 is 0 Å². The van der Waals surface area contributed by atoms with Crippen molar-refractivity contribution in [2.45, 2.75) is 5.03 Å². The summed E-state index contributed by atoms with van der Waals surface area (Å²) in [4.78, 5) is 19.6. The van der Waals surface area contributed by atoms with E-state index in [0.717, 1.165) is 6.26 Å². The Hall–Kier alpha value is -1.80. The average Bonchev–Trinajstić information content (AvgIpc) is 2.39. The predicted octanol–water partition coefficient (Wildman–Crippen LogP) is 1.89. The number of rotatable bonds is 3. The van der Waals surface area contributed by atoms with E-state index in [1.165, 1.54) is 24.5 Å². The summed E-state index contributed by atoms with van der Waals surface area (Å²) in [6.45, 7) is 0. The van der Waals surface area contributed by atoms with Crippen molar-refractivity contribution in [2.75, 3.05) is 11.6 Å². The molecule has 0 saturated heterocycles. The Morgan fingerprint density at radius 2 is 1.90 bits per heavy atom. The van der Waals surface area contributed by atoms with Crippen molar-refractivity contribution in [3.63, 3.8) is 0 Å². The molecular formula is C12H10BrN3O3S. The number of nitrogens with zero attached hydrogens (tertiary/aromatic N) is 2. The van der Waals surface area contributed by atoms with E-state index in [4.69, 9.17) is 0 Å². The van der Waals surface area contributed by atoms with Crippen molar-refractivity contribution in [3.05, 3.63) is 46.8 Å². The van der Waals surface area contributed by atoms with Crippen LogP contribution in [0.25, 0.3) is 0 Å². The standard InChI is InChI=1S/C12H10BrN3O3S/c1-20(18,19)11-5-3-9(7-15-11)16-12(17)8-2-4-10(13)14-6-8/h2-7H,1H3,(H,16,17). The molecule has 0 radical (unpaired) electrons. The highest BCUT2D eigenvalue weighted by molar-refractivity contribution is 9.10. The fourth-order valence-corrected chi connectivity index (χ4v) is 2.18. The van der Waals surface area contributed by atoms with E-state index in [0.29, 0.717) is 15.9 Å². The van der Waals surface area contributed by atoms with Gasteiger partial charge in [-0.3, -0.25) is 4.79 Å². The molecule has 0 aliphatic carbocycles. The number of nitrogens with one attached hydrogen (secondary N) is 1. The zero-order valence-corrected chi connectivity index (χ0v) is 12.8. The van der Waals surface area contributed by atoms with Gasteiger partial charge in [0.25, 0.3) is 5.91 Å². The van der Waals surface area contributed by atoms with Gasteiger partial charge in [0.05, 0.1) is 17.4 Å². The summed E-state index contributed by atoms with van der Waals surface area (Å²) in [5, 5.41) is 2.56. The van der Waals surface area contributed by atoms with Crippen LogP contribution in [-0.4, -0.2) is 30.5 Å². The minimum atomic E-state index is -3.34. The maximum absolute atomic E-state index is 11.9. The number of hydrogen-bond acceptors (Lipinski definition) is 5. The first-order chi connectivity index (χ1) is 9.36. The number of carbonyl (C=O) groups is 1. The van der Waals surface area contributed by atoms with Gasteiger partial charge in [-0.05, 0) is 40.2 Å². The largest absolute Gasteiger partial charge is 0.321 e. The molecule has 2 aromatic rings. The van der Waals surface area contributed by atoms with Crippen LogP contribution in [0.3, 0.4) is 0 Å². The Balaban J connectivity index is 2.14. The van der Waals surface area contributed by atoms with Gasteiger partial charge in [0.2, 0.25) is 0 Å². The smallest absolute Gasteiger partial charge is 0.257 e. The molecule has 1 amide bonds. The van der Waals surface area contributed by atoms with Crippen LogP contribution in [0.15, 0.2) is 46.3 Å². The van der Waals surface area contributed by atoms with E-state index in [-0.39, 0.29) is 10.9 Å². The monoisotopic (exact) mass is 355 g/mol. The molecule has 104 valence electrons. The first-order valence-electron chi connectivity index (χ1n) is 5.45.